The molecule has 4 heteroatoms. The molecule has 0 aromatic heterocycles. The lowest BCUT2D eigenvalue weighted by molar-refractivity contribution is -0.400. The minimum atomic E-state index is -0.447. The van der Waals surface area contributed by atoms with E-state index in [0.717, 1.165) is 23.0 Å². The van der Waals surface area contributed by atoms with Crippen molar-refractivity contribution in [3.63, 3.8) is 0 Å². The van der Waals surface area contributed by atoms with Crippen molar-refractivity contribution in [1.29, 1.82) is 0 Å². The molecule has 1 aliphatic heterocycles. The second-order valence-corrected chi connectivity index (χ2v) is 5.42. The van der Waals surface area contributed by atoms with Gasteiger partial charge >= 0.3 is 0 Å². The Labute approximate surface area is 113 Å². The molecule has 1 aliphatic rings. The number of rotatable bonds is 2. The summed E-state index contributed by atoms with van der Waals surface area (Å²) in [6, 6.07) is 5.92. The van der Waals surface area contributed by atoms with Gasteiger partial charge in [0, 0.05) is 24.4 Å². The Morgan fingerprint density at radius 3 is 2.68 bits per heavy atom. The van der Waals surface area contributed by atoms with Crippen molar-refractivity contribution in [3.05, 3.63) is 51.7 Å². The van der Waals surface area contributed by atoms with Gasteiger partial charge in [-0.25, -0.2) is 0 Å². The zero-order valence-electron chi connectivity index (χ0n) is 11.7. The number of hydrogen-bond donors (Lipinski definition) is 0. The molecule has 0 N–H and O–H groups in total. The molecule has 100 valence electrons. The maximum Gasteiger partial charge on any atom is 0.235 e. The van der Waals surface area contributed by atoms with Crippen molar-refractivity contribution in [1.82, 2.24) is 0 Å². The second-order valence-electron chi connectivity index (χ2n) is 5.42. The van der Waals surface area contributed by atoms with E-state index in [2.05, 4.69) is 38.8 Å². The first-order chi connectivity index (χ1) is 8.81. The lowest BCUT2D eigenvalue weighted by Crippen LogP contribution is -2.42. The highest BCUT2D eigenvalue weighted by Gasteiger charge is 2.28. The van der Waals surface area contributed by atoms with E-state index in [9.17, 15) is 10.1 Å². The lowest BCUT2D eigenvalue weighted by atomic mass is 9.88. The highest BCUT2D eigenvalue weighted by atomic mass is 16.6. The second kappa shape index (κ2) is 4.53. The van der Waals surface area contributed by atoms with E-state index in [1.54, 1.807) is 0 Å². The first-order valence-electron chi connectivity index (χ1n) is 6.21. The van der Waals surface area contributed by atoms with Crippen LogP contribution in [0.15, 0.2) is 30.5 Å². The van der Waals surface area contributed by atoms with E-state index in [1.807, 2.05) is 18.2 Å². The fourth-order valence-electron chi connectivity index (χ4n) is 2.43. The molecule has 0 radical (unpaired) electrons. The van der Waals surface area contributed by atoms with Gasteiger partial charge in [-0.05, 0) is 44.0 Å². The van der Waals surface area contributed by atoms with Gasteiger partial charge in [-0.1, -0.05) is 12.1 Å². The van der Waals surface area contributed by atoms with Crippen LogP contribution in [0.5, 0.6) is 0 Å². The summed E-state index contributed by atoms with van der Waals surface area (Å²) in [5.74, 6) is 0. The minimum absolute atomic E-state index is 0.0186. The van der Waals surface area contributed by atoms with Crippen molar-refractivity contribution in [2.24, 2.45) is 0 Å². The molecule has 19 heavy (non-hydrogen) atoms. The van der Waals surface area contributed by atoms with Gasteiger partial charge < -0.3 is 4.90 Å². The quantitative estimate of drug-likeness (QED) is 0.602. The van der Waals surface area contributed by atoms with E-state index in [0.29, 0.717) is 0 Å². The third-order valence-corrected chi connectivity index (χ3v) is 3.63. The fourth-order valence-corrected chi connectivity index (χ4v) is 2.43. The number of likely N-dealkylation sites (N-methyl/N-ethyl adjacent to an activating group) is 1. The Balaban J connectivity index is 2.47. The summed E-state index contributed by atoms with van der Waals surface area (Å²) >= 11 is 0. The molecule has 0 fully saturated rings. The van der Waals surface area contributed by atoms with Crippen LogP contribution in [0.4, 0.5) is 5.69 Å². The monoisotopic (exact) mass is 258 g/mol. The lowest BCUT2D eigenvalue weighted by Gasteiger charge is -2.40. The van der Waals surface area contributed by atoms with Crippen molar-refractivity contribution in [2.75, 3.05) is 11.9 Å². The zero-order chi connectivity index (χ0) is 14.2. The Hall–Kier alpha value is -2.10. The highest BCUT2D eigenvalue weighted by molar-refractivity contribution is 5.82. The van der Waals surface area contributed by atoms with Crippen LogP contribution in [0.1, 0.15) is 31.9 Å². The number of benzene rings is 1. The molecule has 0 atom stereocenters. The number of hydrogen-bond acceptors (Lipinski definition) is 3. The molecule has 0 amide bonds. The van der Waals surface area contributed by atoms with Gasteiger partial charge in [-0.3, -0.25) is 10.1 Å². The number of allylic oxidation sites excluding steroid dienone is 1. The summed E-state index contributed by atoms with van der Waals surface area (Å²) in [5, 5.41) is 10.4. The van der Waals surface area contributed by atoms with Crippen LogP contribution in [0.3, 0.4) is 0 Å². The highest BCUT2D eigenvalue weighted by Crippen LogP contribution is 2.38. The summed E-state index contributed by atoms with van der Waals surface area (Å²) in [6.07, 6.45) is 4.71. The molecule has 4 nitrogen and oxygen atoms in total. The summed E-state index contributed by atoms with van der Waals surface area (Å²) in [5.41, 5.74) is 4.32. The Bertz CT molecular complexity index is 586. The standard InChI is InChI=1S/C15H18N2O2/c1-11-10-15(2,3)16(4)14-6-5-12(9-13(11)14)7-8-17(18)19/h5-10H,1-4H3/b8-7+. The van der Waals surface area contributed by atoms with Gasteiger partial charge in [0.05, 0.1) is 10.5 Å². The summed E-state index contributed by atoms with van der Waals surface area (Å²) in [4.78, 5) is 12.1. The van der Waals surface area contributed by atoms with Gasteiger partial charge in [-0.2, -0.15) is 0 Å². The molecular formula is C15H18N2O2. The zero-order valence-corrected chi connectivity index (χ0v) is 11.7. The van der Waals surface area contributed by atoms with E-state index in [4.69, 9.17) is 0 Å². The third kappa shape index (κ3) is 2.52. The molecule has 0 aliphatic carbocycles. The average molecular weight is 258 g/mol. The van der Waals surface area contributed by atoms with Gasteiger partial charge in [0.1, 0.15) is 0 Å². The first kappa shape index (κ1) is 13.3. The SMILES string of the molecule is CC1=CC(C)(C)N(C)c2ccc(/C=C/[N+](=O)[O-])cc21. The molecule has 1 aromatic carbocycles. The van der Waals surface area contributed by atoms with Crippen LogP contribution >= 0.6 is 0 Å². The van der Waals surface area contributed by atoms with E-state index in [1.165, 1.54) is 11.6 Å². The average Bonchev–Trinajstić information content (AvgIpc) is 2.33. The third-order valence-electron chi connectivity index (χ3n) is 3.63. The smallest absolute Gasteiger partial charge is 0.235 e. The first-order valence-corrected chi connectivity index (χ1v) is 6.21. The van der Waals surface area contributed by atoms with Crippen LogP contribution in [-0.2, 0) is 0 Å². The van der Waals surface area contributed by atoms with E-state index in [-0.39, 0.29) is 5.54 Å². The van der Waals surface area contributed by atoms with Crippen molar-refractivity contribution in [3.8, 4) is 0 Å². The maximum atomic E-state index is 10.4. The molecule has 2 rings (SSSR count). The predicted octanol–water partition coefficient (Wildman–Crippen LogP) is 3.57. The van der Waals surface area contributed by atoms with Crippen molar-refractivity contribution in [2.45, 2.75) is 26.3 Å². The minimum Gasteiger partial charge on any atom is -0.366 e. The van der Waals surface area contributed by atoms with Gasteiger partial charge in [-0.15, -0.1) is 0 Å². The molecular weight excluding hydrogens is 240 g/mol. The number of nitrogens with zero attached hydrogens (tertiary/aromatic N) is 2. The predicted molar refractivity (Wildman–Crippen MR) is 78.6 cm³/mol. The molecule has 0 unspecified atom stereocenters. The summed E-state index contributed by atoms with van der Waals surface area (Å²) in [7, 11) is 2.06. The normalized spacial score (nSPS) is 17.3. The topological polar surface area (TPSA) is 46.4 Å². The van der Waals surface area contributed by atoms with Crippen LogP contribution < -0.4 is 4.90 Å². The molecule has 0 saturated carbocycles. The van der Waals surface area contributed by atoms with Gasteiger partial charge in [0.25, 0.3) is 0 Å². The van der Waals surface area contributed by atoms with Crippen molar-refractivity contribution < 1.29 is 4.92 Å². The molecule has 0 saturated heterocycles. The number of nitro groups is 1. The Kier molecular flexibility index (Phi) is 3.18. The molecule has 1 heterocycles. The fraction of sp³-hybridized carbons (Fsp3) is 0.333. The summed E-state index contributed by atoms with van der Waals surface area (Å²) < 4.78 is 0. The van der Waals surface area contributed by atoms with Crippen molar-refractivity contribution >= 4 is 17.3 Å². The number of fused-ring (bicyclic) bond motifs is 1. The molecule has 0 bridgehead atoms. The van der Waals surface area contributed by atoms with Crippen LogP contribution in [0, 0.1) is 10.1 Å². The van der Waals surface area contributed by atoms with Crippen LogP contribution in [-0.4, -0.2) is 17.5 Å². The van der Waals surface area contributed by atoms with E-state index < -0.39 is 4.92 Å². The summed E-state index contributed by atoms with van der Waals surface area (Å²) in [6.45, 7) is 6.41. The van der Waals surface area contributed by atoms with Crippen LogP contribution in [0.25, 0.3) is 11.6 Å². The number of anilines is 1. The van der Waals surface area contributed by atoms with Gasteiger partial charge in [0.2, 0.25) is 6.20 Å². The Morgan fingerprint density at radius 1 is 1.37 bits per heavy atom. The van der Waals surface area contributed by atoms with Gasteiger partial charge in [0.15, 0.2) is 0 Å². The maximum absolute atomic E-state index is 10.4. The largest absolute Gasteiger partial charge is 0.366 e. The van der Waals surface area contributed by atoms with E-state index >= 15 is 0 Å². The molecule has 1 aromatic rings. The van der Waals surface area contributed by atoms with Crippen LogP contribution in [0.2, 0.25) is 0 Å². The molecule has 0 spiro atoms. The Morgan fingerprint density at radius 2 is 2.05 bits per heavy atom.